The minimum Gasteiger partial charge on any atom is -0.313 e. The van der Waals surface area contributed by atoms with Gasteiger partial charge in [-0.15, -0.1) is 0 Å². The van der Waals surface area contributed by atoms with Gasteiger partial charge in [-0.25, -0.2) is 9.97 Å². The number of nitrogens with zero attached hydrogens (tertiary/aromatic N) is 3. The molecule has 0 atom stereocenters. The molecule has 4 nitrogen and oxygen atoms in total. The molecule has 0 fully saturated rings. The monoisotopic (exact) mass is 316 g/mol. The highest BCUT2D eigenvalue weighted by Gasteiger charge is 2.11. The van der Waals surface area contributed by atoms with Gasteiger partial charge in [0.05, 0.1) is 5.52 Å². The average molecular weight is 316 g/mol. The molecule has 1 aromatic carbocycles. The van der Waals surface area contributed by atoms with Crippen molar-refractivity contribution in [1.29, 1.82) is 0 Å². The number of para-hydroxylation sites is 1. The van der Waals surface area contributed by atoms with E-state index in [1.54, 1.807) is 11.8 Å². The molecule has 2 aromatic heterocycles. The van der Waals surface area contributed by atoms with Gasteiger partial charge < -0.3 is 5.32 Å². The maximum atomic E-state index is 4.79. The summed E-state index contributed by atoms with van der Waals surface area (Å²) in [4.78, 5) is 9.21. The number of aryl methyl sites for hydroxylation is 1. The Morgan fingerprint density at radius 1 is 1.24 bits per heavy atom. The maximum Gasteiger partial charge on any atom is 0.176 e. The van der Waals surface area contributed by atoms with Crippen molar-refractivity contribution in [2.45, 2.75) is 29.8 Å². The second-order valence-corrected chi connectivity index (χ2v) is 6.62. The average Bonchev–Trinajstić information content (AvgIpc) is 2.90. The van der Waals surface area contributed by atoms with Gasteiger partial charge >= 0.3 is 0 Å². The van der Waals surface area contributed by atoms with Crippen molar-refractivity contribution in [2.24, 2.45) is 0 Å². The van der Waals surface area contributed by atoms with E-state index in [9.17, 15) is 0 Å². The standard InChI is InChI=1S/C15H16N4S2/c1-3-16-9-12-8-11-6-4-5-7-13(11)18-14(12)20-15-17-10(2)19-21-15/h4-8,16H,3,9H2,1-2H3. The number of hydrogen-bond donors (Lipinski definition) is 1. The molecular weight excluding hydrogens is 300 g/mol. The van der Waals surface area contributed by atoms with Crippen LogP contribution >= 0.6 is 23.3 Å². The van der Waals surface area contributed by atoms with Crippen LogP contribution in [0.25, 0.3) is 10.9 Å². The van der Waals surface area contributed by atoms with Crippen LogP contribution in [0.4, 0.5) is 0 Å². The molecule has 1 N–H and O–H groups in total. The molecule has 0 aliphatic heterocycles. The van der Waals surface area contributed by atoms with E-state index in [2.05, 4.69) is 33.7 Å². The highest BCUT2D eigenvalue weighted by molar-refractivity contribution is 8.00. The van der Waals surface area contributed by atoms with E-state index >= 15 is 0 Å². The second kappa shape index (κ2) is 6.51. The largest absolute Gasteiger partial charge is 0.313 e. The van der Waals surface area contributed by atoms with Crippen molar-refractivity contribution in [2.75, 3.05) is 6.54 Å². The number of nitrogens with one attached hydrogen (secondary N) is 1. The second-order valence-electron chi connectivity index (χ2n) is 4.64. The zero-order valence-corrected chi connectivity index (χ0v) is 13.6. The Balaban J connectivity index is 2.00. The Bertz CT molecular complexity index is 754. The van der Waals surface area contributed by atoms with Crippen LogP contribution in [-0.2, 0) is 6.54 Å². The fraction of sp³-hybridized carbons (Fsp3) is 0.267. The van der Waals surface area contributed by atoms with Crippen LogP contribution in [0.15, 0.2) is 39.7 Å². The highest BCUT2D eigenvalue weighted by Crippen LogP contribution is 2.32. The highest BCUT2D eigenvalue weighted by atomic mass is 32.2. The van der Waals surface area contributed by atoms with Gasteiger partial charge in [0.25, 0.3) is 0 Å². The van der Waals surface area contributed by atoms with Crippen LogP contribution in [0.2, 0.25) is 0 Å². The maximum absolute atomic E-state index is 4.79. The van der Waals surface area contributed by atoms with Crippen LogP contribution in [0.1, 0.15) is 18.3 Å². The molecule has 0 aliphatic carbocycles. The molecule has 0 radical (unpaired) electrons. The summed E-state index contributed by atoms with van der Waals surface area (Å²) in [6, 6.07) is 10.4. The summed E-state index contributed by atoms with van der Waals surface area (Å²) in [5.74, 6) is 0.816. The smallest absolute Gasteiger partial charge is 0.176 e. The van der Waals surface area contributed by atoms with E-state index in [0.717, 1.165) is 33.8 Å². The van der Waals surface area contributed by atoms with Gasteiger partial charge in [0.2, 0.25) is 0 Å². The van der Waals surface area contributed by atoms with Crippen LogP contribution in [0.3, 0.4) is 0 Å². The van der Waals surface area contributed by atoms with Gasteiger partial charge in [-0.2, -0.15) is 4.37 Å². The SMILES string of the molecule is CCNCc1cc2ccccc2nc1Sc1nc(C)ns1. The Morgan fingerprint density at radius 3 is 2.86 bits per heavy atom. The Hall–Kier alpha value is -1.50. The van der Waals surface area contributed by atoms with Crippen molar-refractivity contribution < 1.29 is 0 Å². The third-order valence-corrected chi connectivity index (χ3v) is 4.91. The number of fused-ring (bicyclic) bond motifs is 1. The van der Waals surface area contributed by atoms with E-state index in [0.29, 0.717) is 0 Å². The van der Waals surface area contributed by atoms with E-state index in [-0.39, 0.29) is 0 Å². The van der Waals surface area contributed by atoms with Crippen LogP contribution in [0, 0.1) is 6.92 Å². The van der Waals surface area contributed by atoms with E-state index in [1.807, 2.05) is 25.1 Å². The fourth-order valence-corrected chi connectivity index (χ4v) is 3.69. The number of pyridine rings is 1. The lowest BCUT2D eigenvalue weighted by atomic mass is 10.1. The van der Waals surface area contributed by atoms with Crippen molar-refractivity contribution in [3.63, 3.8) is 0 Å². The molecule has 0 aliphatic rings. The molecule has 0 spiro atoms. The first-order valence-electron chi connectivity index (χ1n) is 6.84. The lowest BCUT2D eigenvalue weighted by Gasteiger charge is -2.09. The molecule has 0 bridgehead atoms. The minimum absolute atomic E-state index is 0.814. The van der Waals surface area contributed by atoms with Crippen molar-refractivity contribution in [1.82, 2.24) is 19.7 Å². The van der Waals surface area contributed by atoms with Gasteiger partial charge in [-0.1, -0.05) is 25.1 Å². The number of rotatable bonds is 5. The summed E-state index contributed by atoms with van der Waals surface area (Å²) in [6.45, 7) is 5.77. The van der Waals surface area contributed by atoms with Crippen molar-refractivity contribution in [3.8, 4) is 0 Å². The molecule has 0 unspecified atom stereocenters. The van der Waals surface area contributed by atoms with E-state index in [1.165, 1.54) is 22.5 Å². The van der Waals surface area contributed by atoms with Crippen LogP contribution < -0.4 is 5.32 Å². The van der Waals surface area contributed by atoms with Crippen molar-refractivity contribution >= 4 is 34.2 Å². The van der Waals surface area contributed by atoms with Gasteiger partial charge in [0.15, 0.2) is 4.34 Å². The summed E-state index contributed by atoms with van der Waals surface area (Å²) in [5.41, 5.74) is 2.22. The zero-order valence-electron chi connectivity index (χ0n) is 12.0. The minimum atomic E-state index is 0.814. The topological polar surface area (TPSA) is 50.7 Å². The fourth-order valence-electron chi connectivity index (χ4n) is 2.02. The first-order valence-corrected chi connectivity index (χ1v) is 8.43. The first kappa shape index (κ1) is 14.4. The molecular formula is C15H16N4S2. The molecule has 108 valence electrons. The van der Waals surface area contributed by atoms with Crippen LogP contribution in [-0.4, -0.2) is 20.9 Å². The number of hydrogen-bond acceptors (Lipinski definition) is 6. The molecule has 2 heterocycles. The normalized spacial score (nSPS) is 11.1. The molecule has 21 heavy (non-hydrogen) atoms. The van der Waals surface area contributed by atoms with Crippen molar-refractivity contribution in [3.05, 3.63) is 41.7 Å². The zero-order chi connectivity index (χ0) is 14.7. The Kier molecular flexibility index (Phi) is 4.48. The molecule has 3 aromatic rings. The molecule has 6 heteroatoms. The molecule has 3 rings (SSSR count). The van der Waals surface area contributed by atoms with E-state index < -0.39 is 0 Å². The molecule has 0 saturated heterocycles. The summed E-state index contributed by atoms with van der Waals surface area (Å²) in [7, 11) is 0. The Labute approximate surface area is 132 Å². The number of aromatic nitrogens is 3. The van der Waals surface area contributed by atoms with E-state index in [4.69, 9.17) is 4.98 Å². The van der Waals surface area contributed by atoms with Gasteiger partial charge in [-0.05, 0) is 54.5 Å². The van der Waals surface area contributed by atoms with Crippen LogP contribution in [0.5, 0.6) is 0 Å². The number of benzene rings is 1. The van der Waals surface area contributed by atoms with Gasteiger partial charge in [-0.3, -0.25) is 0 Å². The third-order valence-electron chi connectivity index (χ3n) is 3.02. The lowest BCUT2D eigenvalue weighted by Crippen LogP contribution is -2.13. The third kappa shape index (κ3) is 3.40. The predicted molar refractivity (Wildman–Crippen MR) is 87.9 cm³/mol. The lowest BCUT2D eigenvalue weighted by molar-refractivity contribution is 0.713. The summed E-state index contributed by atoms with van der Waals surface area (Å²) < 4.78 is 5.17. The quantitative estimate of drug-likeness (QED) is 0.778. The molecule has 0 saturated carbocycles. The summed E-state index contributed by atoms with van der Waals surface area (Å²) >= 11 is 3.02. The first-order chi connectivity index (χ1) is 10.3. The molecule has 0 amide bonds. The predicted octanol–water partition coefficient (Wildman–Crippen LogP) is 3.66. The Morgan fingerprint density at radius 2 is 2.10 bits per heavy atom. The van der Waals surface area contributed by atoms with Gasteiger partial charge in [0, 0.05) is 11.9 Å². The summed E-state index contributed by atoms with van der Waals surface area (Å²) in [6.07, 6.45) is 0. The summed E-state index contributed by atoms with van der Waals surface area (Å²) in [5, 5.41) is 5.55. The van der Waals surface area contributed by atoms with Gasteiger partial charge in [0.1, 0.15) is 10.9 Å².